The van der Waals surface area contributed by atoms with Crippen LogP contribution >= 0.6 is 24.4 Å². The molecule has 0 aromatic heterocycles. The SMILES string of the molecule is O.O.O.O.O.O.[2H]C([2H])(NC(=S)[S-])C([2H])([2H])NC(=S)[S-].[Na+].[Na+]. The van der Waals surface area contributed by atoms with E-state index in [1.54, 1.807) is 0 Å². The Morgan fingerprint density at radius 2 is 0.944 bits per heavy atom. The maximum Gasteiger partial charge on any atom is 1.00 e. The van der Waals surface area contributed by atoms with Crippen LogP contribution in [0.5, 0.6) is 0 Å². The molecule has 0 heterocycles. The summed E-state index contributed by atoms with van der Waals surface area (Å²) in [5.41, 5.74) is 0. The van der Waals surface area contributed by atoms with Crippen LogP contribution in [0.1, 0.15) is 5.48 Å². The van der Waals surface area contributed by atoms with Crippen molar-refractivity contribution in [3.63, 3.8) is 0 Å². The Kier molecular flexibility index (Phi) is 76.2. The summed E-state index contributed by atoms with van der Waals surface area (Å²) >= 11 is 17.7. The van der Waals surface area contributed by atoms with E-state index in [9.17, 15) is 0 Å². The van der Waals surface area contributed by atoms with Crippen molar-refractivity contribution in [3.8, 4) is 0 Å². The van der Waals surface area contributed by atoms with Gasteiger partial charge in [0.2, 0.25) is 0 Å². The number of hydrogen-bond donors (Lipinski definition) is 2. The molecule has 0 aliphatic heterocycles. The Balaban J connectivity index is -0.0000000302. The minimum Gasteiger partial charge on any atom is -0.412 e. The summed E-state index contributed by atoms with van der Waals surface area (Å²) in [5.74, 6) is 0. The molecule has 0 unspecified atom stereocenters. The van der Waals surface area contributed by atoms with E-state index in [0.717, 1.165) is 0 Å². The molecule has 0 atom stereocenters. The van der Waals surface area contributed by atoms with Crippen molar-refractivity contribution in [2.45, 2.75) is 0 Å². The molecule has 14 heteroatoms. The smallest absolute Gasteiger partial charge is 0.412 e. The fraction of sp³-hybridized carbons (Fsp3) is 0.500. The fourth-order valence-electron chi connectivity index (χ4n) is 0.165. The summed E-state index contributed by atoms with van der Waals surface area (Å²) < 4.78 is 28.7. The maximum absolute atomic E-state index is 7.31. The van der Waals surface area contributed by atoms with Crippen molar-refractivity contribution in [3.05, 3.63) is 0 Å². The van der Waals surface area contributed by atoms with Crippen LogP contribution in [0.2, 0.25) is 0 Å². The Hall–Kier alpha value is 1.98. The van der Waals surface area contributed by atoms with Gasteiger partial charge in [0.1, 0.15) is 0 Å². The molecule has 0 fully saturated rings. The average molecular weight is 368 g/mol. The molecule has 18 heavy (non-hydrogen) atoms. The van der Waals surface area contributed by atoms with Crippen LogP contribution < -0.4 is 69.7 Å². The molecule has 0 saturated carbocycles. The summed E-state index contributed by atoms with van der Waals surface area (Å²) in [6.45, 7) is -4.95. The Labute approximate surface area is 177 Å². The van der Waals surface area contributed by atoms with Crippen molar-refractivity contribution < 1.29 is 97.5 Å². The standard InChI is InChI=1S/C4H8N2S4.2Na.6H2O/c7-3(8)5-1-2-6-4(9)10;;;;;;;;/h1-2H2,(H2,5,7,8)(H2,6,9,10);;;6*1H2/q;2*+1;;;;;;/p-2/i1D2,2D2;;;;;;;;. The zero-order valence-corrected chi connectivity index (χ0v) is 16.9. The molecule has 0 rings (SSSR count). The minimum atomic E-state index is -2.48. The molecule has 0 aromatic carbocycles. The van der Waals surface area contributed by atoms with Crippen LogP contribution in [-0.2, 0) is 25.3 Å². The molecule has 8 nitrogen and oxygen atoms in total. The number of rotatable bonds is 3. The number of thiocarbonyl (C=S) groups is 2. The Bertz CT molecular complexity index is 257. The largest absolute Gasteiger partial charge is 1.00 e. The van der Waals surface area contributed by atoms with E-state index < -0.39 is 13.0 Å². The molecular formula is C4H18N2Na2O6S4. The molecule has 0 aliphatic rings. The molecule has 0 amide bonds. The van der Waals surface area contributed by atoms with Gasteiger partial charge < -0.3 is 93.2 Å². The first-order chi connectivity index (χ1) is 6.08. The Morgan fingerprint density at radius 3 is 1.06 bits per heavy atom. The monoisotopic (exact) mass is 368 g/mol. The van der Waals surface area contributed by atoms with Gasteiger partial charge in [0.15, 0.2) is 0 Å². The van der Waals surface area contributed by atoms with Crippen LogP contribution in [0, 0.1) is 0 Å². The first kappa shape index (κ1) is 32.1. The number of nitrogens with one attached hydrogen (secondary N) is 2. The van der Waals surface area contributed by atoms with Crippen molar-refractivity contribution in [1.29, 1.82) is 0 Å². The summed E-state index contributed by atoms with van der Waals surface area (Å²) in [6.07, 6.45) is 0. The maximum atomic E-state index is 7.31. The zero-order chi connectivity index (χ0) is 11.6. The second-order valence-electron chi connectivity index (χ2n) is 1.07. The molecular weight excluding hydrogens is 346 g/mol. The molecule has 0 aromatic rings. The predicted octanol–water partition coefficient (Wildman–Crippen LogP) is -11.1. The second-order valence-corrected chi connectivity index (χ2v) is 3.22. The van der Waals surface area contributed by atoms with Crippen molar-refractivity contribution in [2.24, 2.45) is 0 Å². The number of hydrogen-bond acceptors (Lipinski definition) is 4. The van der Waals surface area contributed by atoms with Gasteiger partial charge >= 0.3 is 59.1 Å². The molecule has 0 bridgehead atoms. The van der Waals surface area contributed by atoms with E-state index in [4.69, 9.17) is 5.48 Å². The van der Waals surface area contributed by atoms with E-state index in [1.165, 1.54) is 0 Å². The van der Waals surface area contributed by atoms with Crippen molar-refractivity contribution >= 4 is 58.3 Å². The summed E-state index contributed by atoms with van der Waals surface area (Å²) in [7, 11) is 0. The van der Waals surface area contributed by atoms with Crippen LogP contribution in [0.15, 0.2) is 0 Å². The summed E-state index contributed by atoms with van der Waals surface area (Å²) in [6, 6.07) is 0. The molecule has 0 radical (unpaired) electrons. The van der Waals surface area contributed by atoms with E-state index in [-0.39, 0.29) is 101 Å². The van der Waals surface area contributed by atoms with E-state index in [0.29, 0.717) is 0 Å². The van der Waals surface area contributed by atoms with Gasteiger partial charge in [0, 0.05) is 13.0 Å². The van der Waals surface area contributed by atoms with Gasteiger partial charge in [-0.2, -0.15) is 0 Å². The van der Waals surface area contributed by atoms with Crippen molar-refractivity contribution in [1.82, 2.24) is 10.6 Å². The third kappa shape index (κ3) is 64.3. The third-order valence-corrected chi connectivity index (χ3v) is 0.800. The summed E-state index contributed by atoms with van der Waals surface area (Å²) in [5, 5.41) is 4.00. The average Bonchev–Trinajstić information content (AvgIpc) is 1.78. The molecule has 106 valence electrons. The first-order valence-corrected chi connectivity index (χ1v) is 3.70. The van der Waals surface area contributed by atoms with Gasteiger partial charge in [0.05, 0.1) is 5.48 Å². The predicted molar refractivity (Wildman–Crippen MR) is 77.6 cm³/mol. The van der Waals surface area contributed by atoms with Crippen LogP contribution in [0.25, 0.3) is 0 Å². The van der Waals surface area contributed by atoms with Gasteiger partial charge in [-0.25, -0.2) is 0 Å². The van der Waals surface area contributed by atoms with E-state index in [1.807, 2.05) is 10.6 Å². The van der Waals surface area contributed by atoms with E-state index in [2.05, 4.69) is 49.7 Å². The van der Waals surface area contributed by atoms with Gasteiger partial charge in [-0.05, 0) is 0 Å². The van der Waals surface area contributed by atoms with Gasteiger partial charge in [0.25, 0.3) is 0 Å². The van der Waals surface area contributed by atoms with Crippen LogP contribution in [0.3, 0.4) is 0 Å². The van der Waals surface area contributed by atoms with Gasteiger partial charge in [-0.1, -0.05) is 8.64 Å². The molecule has 14 N–H and O–H groups in total. The Morgan fingerprint density at radius 1 is 0.778 bits per heavy atom. The normalized spacial score (nSPS) is 9.56. The minimum absolute atomic E-state index is 0. The quantitative estimate of drug-likeness (QED) is 0.280. The molecule has 0 spiro atoms. The zero-order valence-electron chi connectivity index (χ0n) is 13.6. The molecule has 0 aliphatic carbocycles. The van der Waals surface area contributed by atoms with Crippen LogP contribution in [-0.4, -0.2) is 54.5 Å². The van der Waals surface area contributed by atoms with Gasteiger partial charge in [-0.3, -0.25) is 0 Å². The topological polar surface area (TPSA) is 213 Å². The fourth-order valence-corrected chi connectivity index (χ4v) is 0.369. The first-order valence-electron chi connectivity index (χ1n) is 4.07. The van der Waals surface area contributed by atoms with Crippen molar-refractivity contribution in [2.75, 3.05) is 13.0 Å². The molecule has 0 saturated heterocycles. The summed E-state index contributed by atoms with van der Waals surface area (Å²) in [4.78, 5) is 0. The van der Waals surface area contributed by atoms with Crippen LogP contribution in [0.4, 0.5) is 0 Å². The van der Waals surface area contributed by atoms with Gasteiger partial charge in [-0.15, -0.1) is 0 Å². The third-order valence-electron chi connectivity index (χ3n) is 0.392. The van der Waals surface area contributed by atoms with E-state index >= 15 is 0 Å². The second kappa shape index (κ2) is 42.8.